The Morgan fingerprint density at radius 2 is 1.95 bits per heavy atom. The predicted molar refractivity (Wildman–Crippen MR) is 83.3 cm³/mol. The van der Waals surface area contributed by atoms with E-state index in [1.54, 1.807) is 13.2 Å². The van der Waals surface area contributed by atoms with Crippen LogP contribution in [0.1, 0.15) is 16.7 Å². The summed E-state index contributed by atoms with van der Waals surface area (Å²) in [6.07, 6.45) is 0. The summed E-state index contributed by atoms with van der Waals surface area (Å²) in [6, 6.07) is 11.5. The van der Waals surface area contributed by atoms with Gasteiger partial charge in [0.1, 0.15) is 5.82 Å². The first-order valence-electron chi connectivity index (χ1n) is 6.36. The van der Waals surface area contributed by atoms with Crippen molar-refractivity contribution >= 4 is 21.6 Å². The fourth-order valence-corrected chi connectivity index (χ4v) is 2.37. The number of nitrogens with one attached hydrogen (secondary N) is 1. The highest BCUT2D eigenvalue weighted by atomic mass is 79.9. The van der Waals surface area contributed by atoms with Gasteiger partial charge >= 0.3 is 0 Å². The van der Waals surface area contributed by atoms with E-state index in [9.17, 15) is 4.39 Å². The summed E-state index contributed by atoms with van der Waals surface area (Å²) in [7, 11) is 1.68. The zero-order valence-electron chi connectivity index (χ0n) is 11.5. The van der Waals surface area contributed by atoms with Crippen molar-refractivity contribution in [3.8, 4) is 0 Å². The van der Waals surface area contributed by atoms with E-state index in [0.29, 0.717) is 17.6 Å². The Labute approximate surface area is 127 Å². The van der Waals surface area contributed by atoms with Crippen LogP contribution in [0.5, 0.6) is 0 Å². The first kappa shape index (κ1) is 15.0. The molecule has 0 amide bonds. The van der Waals surface area contributed by atoms with Crippen molar-refractivity contribution in [2.24, 2.45) is 0 Å². The van der Waals surface area contributed by atoms with E-state index >= 15 is 0 Å². The van der Waals surface area contributed by atoms with Crippen LogP contribution in [0.4, 0.5) is 10.1 Å². The summed E-state index contributed by atoms with van der Waals surface area (Å²) < 4.78 is 19.0. The van der Waals surface area contributed by atoms with Gasteiger partial charge in [-0.15, -0.1) is 0 Å². The van der Waals surface area contributed by atoms with E-state index in [2.05, 4.69) is 33.4 Å². The minimum atomic E-state index is -0.241. The number of halogens is 2. The number of hydrogen-bond acceptors (Lipinski definition) is 2. The van der Waals surface area contributed by atoms with Crippen molar-refractivity contribution < 1.29 is 9.13 Å². The van der Waals surface area contributed by atoms with Gasteiger partial charge in [-0.25, -0.2) is 4.39 Å². The maximum atomic E-state index is 13.4. The number of methoxy groups -OCH3 is 1. The fourth-order valence-electron chi connectivity index (χ4n) is 2.03. The molecule has 2 nitrogen and oxygen atoms in total. The number of benzene rings is 2. The molecule has 0 aromatic heterocycles. The van der Waals surface area contributed by atoms with Crippen molar-refractivity contribution in [3.63, 3.8) is 0 Å². The van der Waals surface area contributed by atoms with Crippen molar-refractivity contribution in [2.45, 2.75) is 20.1 Å². The standard InChI is InChI=1S/C16H17BrFNO/c1-11-6-15(18)14(17)8-16(11)19-9-12-4-3-5-13(7-12)10-20-2/h3-8,19H,9-10H2,1-2H3. The van der Waals surface area contributed by atoms with Crippen LogP contribution in [0.2, 0.25) is 0 Å². The largest absolute Gasteiger partial charge is 0.381 e. The molecule has 2 rings (SSSR count). The molecule has 2 aromatic rings. The summed E-state index contributed by atoms with van der Waals surface area (Å²) >= 11 is 3.21. The smallest absolute Gasteiger partial charge is 0.137 e. The Kier molecular flexibility index (Phi) is 5.15. The van der Waals surface area contributed by atoms with Gasteiger partial charge in [-0.2, -0.15) is 0 Å². The summed E-state index contributed by atoms with van der Waals surface area (Å²) in [5.41, 5.74) is 4.12. The van der Waals surface area contributed by atoms with Crippen molar-refractivity contribution in [2.75, 3.05) is 12.4 Å². The normalized spacial score (nSPS) is 10.6. The van der Waals surface area contributed by atoms with Crippen LogP contribution in [0.25, 0.3) is 0 Å². The van der Waals surface area contributed by atoms with Crippen LogP contribution < -0.4 is 5.32 Å². The second-order valence-corrected chi connectivity index (χ2v) is 5.54. The molecule has 2 aromatic carbocycles. The molecule has 20 heavy (non-hydrogen) atoms. The molecule has 0 unspecified atom stereocenters. The SMILES string of the molecule is COCc1cccc(CNc2cc(Br)c(F)cc2C)c1. The molecule has 106 valence electrons. The average molecular weight is 338 g/mol. The highest BCUT2D eigenvalue weighted by Gasteiger charge is 2.05. The van der Waals surface area contributed by atoms with Gasteiger partial charge in [-0.3, -0.25) is 0 Å². The number of ether oxygens (including phenoxy) is 1. The zero-order chi connectivity index (χ0) is 14.5. The van der Waals surface area contributed by atoms with Crippen LogP contribution in [0.15, 0.2) is 40.9 Å². The Hall–Kier alpha value is -1.39. The van der Waals surface area contributed by atoms with Gasteiger partial charge in [0.25, 0.3) is 0 Å². The Morgan fingerprint density at radius 1 is 1.20 bits per heavy atom. The topological polar surface area (TPSA) is 21.3 Å². The molecular weight excluding hydrogens is 321 g/mol. The maximum Gasteiger partial charge on any atom is 0.137 e. The summed E-state index contributed by atoms with van der Waals surface area (Å²) in [5.74, 6) is -0.241. The molecule has 0 spiro atoms. The average Bonchev–Trinajstić information content (AvgIpc) is 2.42. The number of hydrogen-bond donors (Lipinski definition) is 1. The maximum absolute atomic E-state index is 13.4. The summed E-state index contributed by atoms with van der Waals surface area (Å²) in [6.45, 7) is 3.19. The van der Waals surface area contributed by atoms with Crippen LogP contribution in [0, 0.1) is 12.7 Å². The number of anilines is 1. The molecule has 0 bridgehead atoms. The molecule has 0 fully saturated rings. The third-order valence-electron chi connectivity index (χ3n) is 3.05. The van der Waals surface area contributed by atoms with Crippen molar-refractivity contribution in [3.05, 3.63) is 63.4 Å². The van der Waals surface area contributed by atoms with Crippen LogP contribution in [0.3, 0.4) is 0 Å². The van der Waals surface area contributed by atoms with E-state index in [1.165, 1.54) is 11.6 Å². The van der Waals surface area contributed by atoms with Crippen molar-refractivity contribution in [1.82, 2.24) is 0 Å². The van der Waals surface area contributed by atoms with Gasteiger partial charge < -0.3 is 10.1 Å². The Morgan fingerprint density at radius 3 is 2.70 bits per heavy atom. The third-order valence-corrected chi connectivity index (χ3v) is 3.66. The summed E-state index contributed by atoms with van der Waals surface area (Å²) in [5, 5.41) is 3.33. The lowest BCUT2D eigenvalue weighted by Crippen LogP contribution is -2.02. The lowest BCUT2D eigenvalue weighted by Gasteiger charge is -2.11. The van der Waals surface area contributed by atoms with Gasteiger partial charge in [0.15, 0.2) is 0 Å². The lowest BCUT2D eigenvalue weighted by atomic mass is 10.1. The van der Waals surface area contributed by atoms with Crippen LogP contribution in [-0.2, 0) is 17.9 Å². The van der Waals surface area contributed by atoms with E-state index in [4.69, 9.17) is 4.74 Å². The summed E-state index contributed by atoms with van der Waals surface area (Å²) in [4.78, 5) is 0. The van der Waals surface area contributed by atoms with Crippen LogP contribution >= 0.6 is 15.9 Å². The second-order valence-electron chi connectivity index (χ2n) is 4.69. The molecular formula is C16H17BrFNO. The Balaban J connectivity index is 2.08. The van der Waals surface area contributed by atoms with E-state index in [1.807, 2.05) is 19.1 Å². The zero-order valence-corrected chi connectivity index (χ0v) is 13.1. The minimum Gasteiger partial charge on any atom is -0.381 e. The molecule has 4 heteroatoms. The second kappa shape index (κ2) is 6.86. The van der Waals surface area contributed by atoms with Crippen LogP contribution in [-0.4, -0.2) is 7.11 Å². The molecule has 0 atom stereocenters. The minimum absolute atomic E-state index is 0.241. The molecule has 0 aliphatic carbocycles. The van der Waals surface area contributed by atoms with E-state index < -0.39 is 0 Å². The quantitative estimate of drug-likeness (QED) is 0.856. The third kappa shape index (κ3) is 3.81. The lowest BCUT2D eigenvalue weighted by molar-refractivity contribution is 0.185. The molecule has 0 saturated carbocycles. The molecule has 0 heterocycles. The van der Waals surface area contributed by atoms with Gasteiger partial charge in [-0.05, 0) is 51.7 Å². The molecule has 0 saturated heterocycles. The first-order valence-corrected chi connectivity index (χ1v) is 7.15. The van der Waals surface area contributed by atoms with Gasteiger partial charge in [0, 0.05) is 19.3 Å². The highest BCUT2D eigenvalue weighted by Crippen LogP contribution is 2.24. The number of rotatable bonds is 5. The first-order chi connectivity index (χ1) is 9.60. The van der Waals surface area contributed by atoms with Crippen molar-refractivity contribution in [1.29, 1.82) is 0 Å². The van der Waals surface area contributed by atoms with Gasteiger partial charge in [0.2, 0.25) is 0 Å². The molecule has 0 radical (unpaired) electrons. The highest BCUT2D eigenvalue weighted by molar-refractivity contribution is 9.10. The Bertz CT molecular complexity index is 601. The molecule has 1 N–H and O–H groups in total. The van der Waals surface area contributed by atoms with E-state index in [-0.39, 0.29) is 5.82 Å². The van der Waals surface area contributed by atoms with Gasteiger partial charge in [-0.1, -0.05) is 24.3 Å². The monoisotopic (exact) mass is 337 g/mol. The molecule has 0 aliphatic heterocycles. The van der Waals surface area contributed by atoms with E-state index in [0.717, 1.165) is 16.8 Å². The predicted octanol–water partition coefficient (Wildman–Crippen LogP) is 4.66. The molecule has 0 aliphatic rings. The number of aryl methyl sites for hydroxylation is 1. The fraction of sp³-hybridized carbons (Fsp3) is 0.250. The van der Waals surface area contributed by atoms with Gasteiger partial charge in [0.05, 0.1) is 11.1 Å².